The number of amides is 2. The van der Waals surface area contributed by atoms with Gasteiger partial charge in [-0.15, -0.1) is 0 Å². The minimum absolute atomic E-state index is 0.0270. The van der Waals surface area contributed by atoms with Gasteiger partial charge in [-0.05, 0) is 42.4 Å². The highest BCUT2D eigenvalue weighted by molar-refractivity contribution is 7.80. The van der Waals surface area contributed by atoms with E-state index >= 15 is 0 Å². The Kier molecular flexibility index (Phi) is 9.64. The molecule has 0 aliphatic heterocycles. The Morgan fingerprint density at radius 2 is 1.58 bits per heavy atom. The van der Waals surface area contributed by atoms with Gasteiger partial charge in [0.1, 0.15) is 0 Å². The van der Waals surface area contributed by atoms with E-state index in [0.717, 1.165) is 11.1 Å². The minimum Gasteiger partial charge on any atom is -0.465 e. The summed E-state index contributed by atoms with van der Waals surface area (Å²) in [6.07, 6.45) is 0.947. The van der Waals surface area contributed by atoms with Crippen LogP contribution in [0.15, 0.2) is 48.5 Å². The molecule has 2 rings (SSSR count). The van der Waals surface area contributed by atoms with Crippen LogP contribution in [0.25, 0.3) is 0 Å². The number of anilines is 2. The molecule has 0 aliphatic rings. The van der Waals surface area contributed by atoms with Gasteiger partial charge in [-0.1, -0.05) is 43.3 Å². The van der Waals surface area contributed by atoms with Gasteiger partial charge in [0.05, 0.1) is 13.0 Å². The van der Waals surface area contributed by atoms with Crippen LogP contribution in [0, 0.1) is 6.92 Å². The molecule has 164 valence electrons. The van der Waals surface area contributed by atoms with E-state index in [0.29, 0.717) is 24.2 Å². The maximum atomic E-state index is 12.1. The van der Waals surface area contributed by atoms with Crippen molar-refractivity contribution in [3.8, 4) is 0 Å². The van der Waals surface area contributed by atoms with Gasteiger partial charge in [0.15, 0.2) is 5.11 Å². The molecule has 8 heteroatoms. The van der Waals surface area contributed by atoms with Crippen LogP contribution in [-0.4, -0.2) is 29.5 Å². The summed E-state index contributed by atoms with van der Waals surface area (Å²) in [4.78, 5) is 35.5. The summed E-state index contributed by atoms with van der Waals surface area (Å²) in [5, 5.41) is 8.42. The monoisotopic (exact) mass is 441 g/mol. The first kappa shape index (κ1) is 24.0. The molecule has 7 nitrogen and oxygen atoms in total. The summed E-state index contributed by atoms with van der Waals surface area (Å²) in [6, 6.07) is 15.1. The van der Waals surface area contributed by atoms with Crippen LogP contribution in [0.5, 0.6) is 0 Å². The van der Waals surface area contributed by atoms with E-state index in [9.17, 15) is 14.4 Å². The first-order valence-corrected chi connectivity index (χ1v) is 10.5. The smallest absolute Gasteiger partial charge is 0.306 e. The highest BCUT2D eigenvalue weighted by atomic mass is 32.1. The largest absolute Gasteiger partial charge is 0.465 e. The maximum absolute atomic E-state index is 12.1. The number of benzene rings is 2. The van der Waals surface area contributed by atoms with E-state index in [-0.39, 0.29) is 36.4 Å². The molecule has 2 aromatic rings. The van der Waals surface area contributed by atoms with Crippen molar-refractivity contribution in [3.63, 3.8) is 0 Å². The minimum atomic E-state index is -0.430. The van der Waals surface area contributed by atoms with E-state index in [2.05, 4.69) is 16.0 Å². The topological polar surface area (TPSA) is 96.5 Å². The fraction of sp³-hybridized carbons (Fsp3) is 0.304. The molecule has 0 atom stereocenters. The molecule has 2 amide bonds. The lowest BCUT2D eigenvalue weighted by molar-refractivity contribution is -0.144. The third-order valence-corrected chi connectivity index (χ3v) is 4.69. The molecular formula is C23H27N3O4S. The number of ether oxygens (including phenoxy) is 1. The SMILES string of the molecule is CCC(=O)Nc1cccc(NC(=S)NC(=O)CCC(=O)OCCc2ccccc2)c1C. The summed E-state index contributed by atoms with van der Waals surface area (Å²) in [5.74, 6) is -0.905. The fourth-order valence-corrected chi connectivity index (χ4v) is 2.93. The van der Waals surface area contributed by atoms with Crippen LogP contribution in [0.1, 0.15) is 37.3 Å². The molecule has 0 fully saturated rings. The van der Waals surface area contributed by atoms with Crippen molar-refractivity contribution in [2.75, 3.05) is 17.2 Å². The maximum Gasteiger partial charge on any atom is 0.306 e. The highest BCUT2D eigenvalue weighted by Crippen LogP contribution is 2.23. The van der Waals surface area contributed by atoms with Crippen LogP contribution in [0.3, 0.4) is 0 Å². The van der Waals surface area contributed by atoms with Crippen molar-refractivity contribution in [2.24, 2.45) is 0 Å². The van der Waals surface area contributed by atoms with Gasteiger partial charge in [-0.2, -0.15) is 0 Å². The van der Waals surface area contributed by atoms with Crippen LogP contribution in [-0.2, 0) is 25.5 Å². The third kappa shape index (κ3) is 8.55. The molecule has 0 saturated heterocycles. The Balaban J connectivity index is 1.73. The van der Waals surface area contributed by atoms with E-state index in [1.54, 1.807) is 25.1 Å². The first-order valence-electron chi connectivity index (χ1n) is 10.1. The zero-order valence-corrected chi connectivity index (χ0v) is 18.5. The van der Waals surface area contributed by atoms with E-state index in [1.165, 1.54) is 0 Å². The van der Waals surface area contributed by atoms with Crippen molar-refractivity contribution >= 4 is 46.5 Å². The molecule has 3 N–H and O–H groups in total. The predicted molar refractivity (Wildman–Crippen MR) is 125 cm³/mol. The summed E-state index contributed by atoms with van der Waals surface area (Å²) in [5.41, 5.74) is 3.21. The number of carbonyl (C=O) groups is 3. The average Bonchev–Trinajstić information content (AvgIpc) is 2.75. The molecule has 2 aromatic carbocycles. The van der Waals surface area contributed by atoms with Crippen molar-refractivity contribution in [1.29, 1.82) is 0 Å². The fourth-order valence-electron chi connectivity index (χ4n) is 2.70. The number of esters is 1. The van der Waals surface area contributed by atoms with Crippen molar-refractivity contribution in [2.45, 2.75) is 39.5 Å². The normalized spacial score (nSPS) is 10.1. The number of nitrogens with one attached hydrogen (secondary N) is 3. The van der Waals surface area contributed by atoms with Crippen LogP contribution >= 0.6 is 12.2 Å². The lowest BCUT2D eigenvalue weighted by Crippen LogP contribution is -2.34. The number of hydrogen-bond acceptors (Lipinski definition) is 5. The third-order valence-electron chi connectivity index (χ3n) is 4.48. The van der Waals surface area contributed by atoms with Crippen molar-refractivity contribution in [1.82, 2.24) is 5.32 Å². The van der Waals surface area contributed by atoms with Gasteiger partial charge >= 0.3 is 5.97 Å². The molecule has 0 saturated carbocycles. The molecule has 0 radical (unpaired) electrons. The number of rotatable bonds is 9. The second kappa shape index (κ2) is 12.4. The molecule has 0 spiro atoms. The summed E-state index contributed by atoms with van der Waals surface area (Å²) in [6.45, 7) is 3.88. The van der Waals surface area contributed by atoms with Gasteiger partial charge in [0.25, 0.3) is 0 Å². The van der Waals surface area contributed by atoms with Gasteiger partial charge in [-0.3, -0.25) is 14.4 Å². The quantitative estimate of drug-likeness (QED) is 0.405. The molecule has 0 heterocycles. The van der Waals surface area contributed by atoms with Crippen LogP contribution in [0.2, 0.25) is 0 Å². The van der Waals surface area contributed by atoms with E-state index < -0.39 is 5.97 Å². The van der Waals surface area contributed by atoms with Gasteiger partial charge in [0, 0.05) is 30.6 Å². The molecule has 0 bridgehead atoms. The number of carbonyl (C=O) groups excluding carboxylic acids is 3. The Labute approximate surface area is 187 Å². The van der Waals surface area contributed by atoms with Crippen LogP contribution in [0.4, 0.5) is 11.4 Å². The van der Waals surface area contributed by atoms with Crippen molar-refractivity contribution in [3.05, 3.63) is 59.7 Å². The van der Waals surface area contributed by atoms with Gasteiger partial charge in [0.2, 0.25) is 11.8 Å². The van der Waals surface area contributed by atoms with Crippen molar-refractivity contribution < 1.29 is 19.1 Å². The van der Waals surface area contributed by atoms with Gasteiger partial charge in [-0.25, -0.2) is 0 Å². The standard InChI is InChI=1S/C23H27N3O4S/c1-3-20(27)24-18-10-7-11-19(16(18)2)25-23(31)26-21(28)12-13-22(29)30-15-14-17-8-5-4-6-9-17/h4-11H,3,12-15H2,1-2H3,(H,24,27)(H2,25,26,28,31). The summed E-state index contributed by atoms with van der Waals surface area (Å²) >= 11 is 5.18. The first-order chi connectivity index (χ1) is 14.9. The van der Waals surface area contributed by atoms with Crippen LogP contribution < -0.4 is 16.0 Å². The Bertz CT molecular complexity index is 932. The van der Waals surface area contributed by atoms with E-state index in [1.807, 2.05) is 37.3 Å². The second-order valence-electron chi connectivity index (χ2n) is 6.84. The summed E-state index contributed by atoms with van der Waals surface area (Å²) < 4.78 is 5.16. The Hall–Kier alpha value is -3.26. The van der Waals surface area contributed by atoms with E-state index in [4.69, 9.17) is 17.0 Å². The summed E-state index contributed by atoms with van der Waals surface area (Å²) in [7, 11) is 0. The van der Waals surface area contributed by atoms with Gasteiger partial charge < -0.3 is 20.7 Å². The number of hydrogen-bond donors (Lipinski definition) is 3. The lowest BCUT2D eigenvalue weighted by Gasteiger charge is -2.15. The molecular weight excluding hydrogens is 414 g/mol. The molecule has 0 aliphatic carbocycles. The molecule has 0 unspecified atom stereocenters. The second-order valence-corrected chi connectivity index (χ2v) is 7.25. The zero-order chi connectivity index (χ0) is 22.6. The highest BCUT2D eigenvalue weighted by Gasteiger charge is 2.12. The lowest BCUT2D eigenvalue weighted by atomic mass is 10.1. The zero-order valence-electron chi connectivity index (χ0n) is 17.7. The Morgan fingerprint density at radius 1 is 0.903 bits per heavy atom. The molecule has 31 heavy (non-hydrogen) atoms. The number of thiocarbonyl (C=S) groups is 1. The molecule has 0 aromatic heterocycles. The average molecular weight is 442 g/mol. The Morgan fingerprint density at radius 3 is 2.26 bits per heavy atom. The predicted octanol–water partition coefficient (Wildman–Crippen LogP) is 3.72.